The summed E-state index contributed by atoms with van der Waals surface area (Å²) in [5.74, 6) is -3.02. The second-order valence-corrected chi connectivity index (χ2v) is 4.05. The Morgan fingerprint density at radius 3 is 2.12 bits per heavy atom. The Bertz CT molecular complexity index is 401. The first-order valence-corrected chi connectivity index (χ1v) is 5.01. The van der Waals surface area contributed by atoms with E-state index in [1.165, 1.54) is 13.0 Å². The van der Waals surface area contributed by atoms with Crippen LogP contribution in [-0.2, 0) is 4.79 Å². The summed E-state index contributed by atoms with van der Waals surface area (Å²) in [5, 5.41) is 8.62. The van der Waals surface area contributed by atoms with E-state index in [1.807, 2.05) is 0 Å². The number of benzene rings is 1. The number of rotatable bonds is 3. The van der Waals surface area contributed by atoms with Crippen LogP contribution in [-0.4, -0.2) is 11.1 Å². The van der Waals surface area contributed by atoms with Crippen LogP contribution in [0.5, 0.6) is 0 Å². The molecule has 1 unspecified atom stereocenters. The van der Waals surface area contributed by atoms with E-state index >= 15 is 0 Å². The molecule has 1 atom stereocenters. The lowest BCUT2D eigenvalue weighted by Crippen LogP contribution is -2.09. The fourth-order valence-electron chi connectivity index (χ4n) is 1.77. The molecule has 0 fully saturated rings. The van der Waals surface area contributed by atoms with Gasteiger partial charge in [-0.15, -0.1) is 0 Å². The Labute approximate surface area is 92.9 Å². The molecule has 0 spiro atoms. The van der Waals surface area contributed by atoms with E-state index in [9.17, 15) is 13.6 Å². The third-order valence-electron chi connectivity index (χ3n) is 2.57. The Morgan fingerprint density at radius 2 is 1.75 bits per heavy atom. The van der Waals surface area contributed by atoms with Crippen LogP contribution in [0.2, 0.25) is 0 Å². The quantitative estimate of drug-likeness (QED) is 0.862. The molecule has 0 aliphatic carbocycles. The van der Waals surface area contributed by atoms with Gasteiger partial charge in [0.25, 0.3) is 0 Å². The molecule has 88 valence electrons. The van der Waals surface area contributed by atoms with Crippen molar-refractivity contribution in [3.8, 4) is 0 Å². The zero-order valence-electron chi connectivity index (χ0n) is 9.47. The number of aliphatic carboxylic acids is 1. The first-order valence-electron chi connectivity index (χ1n) is 5.01. The average molecular weight is 228 g/mol. The Morgan fingerprint density at radius 1 is 1.31 bits per heavy atom. The number of carboxylic acids is 1. The lowest BCUT2D eigenvalue weighted by Gasteiger charge is -2.15. The Balaban J connectivity index is 3.26. The minimum absolute atomic E-state index is 0.125. The van der Waals surface area contributed by atoms with Gasteiger partial charge in [0.05, 0.1) is 6.42 Å². The molecule has 0 amide bonds. The minimum Gasteiger partial charge on any atom is -0.481 e. The Hall–Kier alpha value is -1.45. The lowest BCUT2D eigenvalue weighted by molar-refractivity contribution is -0.137. The molecule has 4 heteroatoms. The maximum absolute atomic E-state index is 13.7. The van der Waals surface area contributed by atoms with Gasteiger partial charge in [0, 0.05) is 5.56 Å². The van der Waals surface area contributed by atoms with Crippen molar-refractivity contribution >= 4 is 5.97 Å². The molecule has 1 aromatic carbocycles. The fraction of sp³-hybridized carbons (Fsp3) is 0.417. The molecular weight excluding hydrogens is 214 g/mol. The van der Waals surface area contributed by atoms with E-state index < -0.39 is 23.5 Å². The number of hydrogen-bond acceptors (Lipinski definition) is 1. The highest BCUT2D eigenvalue weighted by Gasteiger charge is 2.21. The van der Waals surface area contributed by atoms with Gasteiger partial charge < -0.3 is 5.11 Å². The second kappa shape index (κ2) is 4.60. The van der Waals surface area contributed by atoms with Crippen molar-refractivity contribution in [3.05, 3.63) is 34.4 Å². The highest BCUT2D eigenvalue weighted by atomic mass is 19.1. The summed E-state index contributed by atoms with van der Waals surface area (Å²) < 4.78 is 27.4. The van der Waals surface area contributed by atoms with Crippen molar-refractivity contribution in [2.45, 2.75) is 33.1 Å². The summed E-state index contributed by atoms with van der Waals surface area (Å²) >= 11 is 0. The van der Waals surface area contributed by atoms with Gasteiger partial charge in [0.15, 0.2) is 0 Å². The maximum atomic E-state index is 13.7. The third-order valence-corrected chi connectivity index (χ3v) is 2.57. The second-order valence-electron chi connectivity index (χ2n) is 4.05. The van der Waals surface area contributed by atoms with Crippen molar-refractivity contribution in [3.63, 3.8) is 0 Å². The molecule has 0 saturated carbocycles. The van der Waals surface area contributed by atoms with E-state index in [0.717, 1.165) is 0 Å². The summed E-state index contributed by atoms with van der Waals surface area (Å²) in [7, 11) is 0. The molecule has 0 heterocycles. The summed E-state index contributed by atoms with van der Waals surface area (Å²) in [6.45, 7) is 4.59. The summed E-state index contributed by atoms with van der Waals surface area (Å²) in [6, 6.07) is 1.42. The number of aryl methyl sites for hydroxylation is 2. The van der Waals surface area contributed by atoms with E-state index in [2.05, 4.69) is 0 Å². The largest absolute Gasteiger partial charge is 0.481 e. The summed E-state index contributed by atoms with van der Waals surface area (Å²) in [4.78, 5) is 10.5. The highest BCUT2D eigenvalue weighted by Crippen LogP contribution is 2.29. The number of carboxylic acid groups (broad SMARTS) is 1. The zero-order valence-corrected chi connectivity index (χ0v) is 9.47. The van der Waals surface area contributed by atoms with Crippen LogP contribution < -0.4 is 0 Å². The number of hydrogen-bond donors (Lipinski definition) is 1. The Kier molecular flexibility index (Phi) is 3.62. The van der Waals surface area contributed by atoms with E-state index in [-0.39, 0.29) is 12.0 Å². The van der Waals surface area contributed by atoms with Crippen LogP contribution in [0, 0.1) is 25.5 Å². The molecule has 1 aromatic rings. The predicted octanol–water partition coefficient (Wildman–Crippen LogP) is 3.16. The van der Waals surface area contributed by atoms with Gasteiger partial charge in [0.2, 0.25) is 0 Å². The standard InChI is InChI=1S/C12H14F2O2/c1-6(5-9(15)16)10-11(13)7(2)4-8(3)12(10)14/h4,6H,5H2,1-3H3,(H,15,16). The van der Waals surface area contributed by atoms with Crippen LogP contribution in [0.25, 0.3) is 0 Å². The van der Waals surface area contributed by atoms with Crippen molar-refractivity contribution in [1.29, 1.82) is 0 Å². The normalized spacial score (nSPS) is 12.6. The SMILES string of the molecule is Cc1cc(C)c(F)c(C(C)CC(=O)O)c1F. The molecular formula is C12H14F2O2. The summed E-state index contributed by atoms with van der Waals surface area (Å²) in [6.07, 6.45) is -0.281. The molecule has 0 aliphatic rings. The van der Waals surface area contributed by atoms with Crippen LogP contribution >= 0.6 is 0 Å². The topological polar surface area (TPSA) is 37.3 Å². The molecule has 0 bridgehead atoms. The number of halogens is 2. The van der Waals surface area contributed by atoms with Gasteiger partial charge in [-0.3, -0.25) is 4.79 Å². The number of carbonyl (C=O) groups is 1. The van der Waals surface area contributed by atoms with E-state index in [1.54, 1.807) is 13.8 Å². The first kappa shape index (κ1) is 12.6. The third kappa shape index (κ3) is 2.38. The van der Waals surface area contributed by atoms with Crippen molar-refractivity contribution in [1.82, 2.24) is 0 Å². The van der Waals surface area contributed by atoms with E-state index in [4.69, 9.17) is 5.11 Å². The van der Waals surface area contributed by atoms with Crippen LogP contribution in [0.1, 0.15) is 36.0 Å². The molecule has 1 rings (SSSR count). The van der Waals surface area contributed by atoms with Crippen molar-refractivity contribution < 1.29 is 18.7 Å². The van der Waals surface area contributed by atoms with Gasteiger partial charge in [0.1, 0.15) is 11.6 Å². The average Bonchev–Trinajstić information content (AvgIpc) is 2.14. The predicted molar refractivity (Wildman–Crippen MR) is 56.5 cm³/mol. The zero-order chi connectivity index (χ0) is 12.5. The lowest BCUT2D eigenvalue weighted by atomic mass is 9.93. The van der Waals surface area contributed by atoms with Crippen LogP contribution in [0.4, 0.5) is 8.78 Å². The van der Waals surface area contributed by atoms with Crippen molar-refractivity contribution in [2.75, 3.05) is 0 Å². The molecule has 0 saturated heterocycles. The maximum Gasteiger partial charge on any atom is 0.303 e. The smallest absolute Gasteiger partial charge is 0.303 e. The van der Waals surface area contributed by atoms with Gasteiger partial charge in [-0.25, -0.2) is 8.78 Å². The summed E-state index contributed by atoms with van der Waals surface area (Å²) in [5.41, 5.74) is 0.553. The molecule has 0 aliphatic heterocycles. The highest BCUT2D eigenvalue weighted by molar-refractivity contribution is 5.68. The van der Waals surface area contributed by atoms with E-state index in [0.29, 0.717) is 11.1 Å². The molecule has 0 aromatic heterocycles. The minimum atomic E-state index is -1.06. The monoisotopic (exact) mass is 228 g/mol. The van der Waals surface area contributed by atoms with Crippen molar-refractivity contribution in [2.24, 2.45) is 0 Å². The molecule has 1 N–H and O–H groups in total. The molecule has 16 heavy (non-hydrogen) atoms. The first-order chi connectivity index (χ1) is 7.34. The van der Waals surface area contributed by atoms with Gasteiger partial charge >= 0.3 is 5.97 Å². The van der Waals surface area contributed by atoms with Crippen LogP contribution in [0.3, 0.4) is 0 Å². The van der Waals surface area contributed by atoms with Gasteiger partial charge in [-0.1, -0.05) is 13.0 Å². The molecule has 0 radical (unpaired) electrons. The molecule has 2 nitrogen and oxygen atoms in total. The van der Waals surface area contributed by atoms with Crippen LogP contribution in [0.15, 0.2) is 6.07 Å². The van der Waals surface area contributed by atoms with Gasteiger partial charge in [-0.2, -0.15) is 0 Å². The fourth-order valence-corrected chi connectivity index (χ4v) is 1.77. The van der Waals surface area contributed by atoms with Gasteiger partial charge in [-0.05, 0) is 30.9 Å².